The van der Waals surface area contributed by atoms with Gasteiger partial charge in [-0.15, -0.1) is 0 Å². The van der Waals surface area contributed by atoms with Crippen LogP contribution in [-0.2, 0) is 11.2 Å². The van der Waals surface area contributed by atoms with Crippen molar-refractivity contribution in [1.82, 2.24) is 4.90 Å². The van der Waals surface area contributed by atoms with Gasteiger partial charge in [0.2, 0.25) is 0 Å². The van der Waals surface area contributed by atoms with E-state index in [9.17, 15) is 4.79 Å². The number of likely N-dealkylation sites (N-methyl/N-ethyl adjacent to an activating group) is 1. The van der Waals surface area contributed by atoms with E-state index in [4.69, 9.17) is 23.2 Å². The average Bonchev–Trinajstić information content (AvgIpc) is 2.08. The van der Waals surface area contributed by atoms with Crippen LogP contribution in [-0.4, -0.2) is 31.3 Å². The van der Waals surface area contributed by atoms with Gasteiger partial charge in [-0.3, -0.25) is 4.79 Å². The van der Waals surface area contributed by atoms with Crippen LogP contribution in [0, 0.1) is 0 Å². The molecule has 0 aromatic heterocycles. The van der Waals surface area contributed by atoms with E-state index < -0.39 is 0 Å². The van der Waals surface area contributed by atoms with Crippen molar-refractivity contribution in [3.8, 4) is 0 Å². The third kappa shape index (κ3) is 4.20. The first-order valence-electron chi connectivity index (χ1n) is 4.59. The van der Waals surface area contributed by atoms with E-state index in [1.165, 1.54) is 0 Å². The van der Waals surface area contributed by atoms with Crippen molar-refractivity contribution in [2.24, 2.45) is 0 Å². The quantitative estimate of drug-likeness (QED) is 0.814. The molecule has 0 aliphatic rings. The van der Waals surface area contributed by atoms with E-state index >= 15 is 0 Å². The smallest absolute Gasteiger partial charge is 0.151 e. The van der Waals surface area contributed by atoms with Crippen molar-refractivity contribution in [1.29, 1.82) is 0 Å². The van der Waals surface area contributed by atoms with Crippen LogP contribution in [0.4, 0.5) is 0 Å². The number of carbonyl (C=O) groups is 1. The molecule has 0 saturated carbocycles. The number of carbonyl (C=O) groups excluding carboxylic acids is 1. The summed E-state index contributed by atoms with van der Waals surface area (Å²) in [6.45, 7) is 0.430. The molecule has 0 aliphatic heterocycles. The second kappa shape index (κ2) is 5.50. The first-order chi connectivity index (χ1) is 6.99. The molecule has 0 unspecified atom stereocenters. The Morgan fingerprint density at radius 1 is 1.33 bits per heavy atom. The fourth-order valence-corrected chi connectivity index (χ4v) is 1.76. The summed E-state index contributed by atoms with van der Waals surface area (Å²) in [5.74, 6) is 0.143. The summed E-state index contributed by atoms with van der Waals surface area (Å²) in [5, 5.41) is 1.14. The number of ketones is 1. The number of Topliss-reactive ketones (excluding diaryl/α,β-unsaturated/α-hetero) is 1. The van der Waals surface area contributed by atoms with Crippen LogP contribution in [0.1, 0.15) is 5.56 Å². The molecule has 82 valence electrons. The third-order valence-corrected chi connectivity index (χ3v) is 2.48. The maximum absolute atomic E-state index is 11.5. The van der Waals surface area contributed by atoms with E-state index in [1.807, 2.05) is 19.0 Å². The van der Waals surface area contributed by atoms with Crippen molar-refractivity contribution >= 4 is 29.0 Å². The minimum Gasteiger partial charge on any atom is -0.302 e. The fraction of sp³-hybridized carbons (Fsp3) is 0.364. The molecule has 1 aromatic rings. The summed E-state index contributed by atoms with van der Waals surface area (Å²) in [4.78, 5) is 13.4. The standard InChI is InChI=1S/C11H13Cl2NO/c1-14(2)7-10(15)5-8-3-4-9(12)6-11(8)13/h3-4,6H,5,7H2,1-2H3. The van der Waals surface area contributed by atoms with Crippen LogP contribution in [0.5, 0.6) is 0 Å². The average molecular weight is 246 g/mol. The van der Waals surface area contributed by atoms with Gasteiger partial charge in [-0.2, -0.15) is 0 Å². The molecule has 1 aromatic carbocycles. The van der Waals surface area contributed by atoms with Gasteiger partial charge in [0.1, 0.15) is 0 Å². The maximum Gasteiger partial charge on any atom is 0.151 e. The molecule has 0 atom stereocenters. The van der Waals surface area contributed by atoms with Crippen molar-refractivity contribution in [2.45, 2.75) is 6.42 Å². The molecule has 1 rings (SSSR count). The SMILES string of the molecule is CN(C)CC(=O)Cc1ccc(Cl)cc1Cl. The lowest BCUT2D eigenvalue weighted by Gasteiger charge is -2.09. The maximum atomic E-state index is 11.5. The molecule has 4 heteroatoms. The molecule has 0 fully saturated rings. The highest BCUT2D eigenvalue weighted by atomic mass is 35.5. The van der Waals surface area contributed by atoms with Gasteiger partial charge in [0.05, 0.1) is 6.54 Å². The number of halogens is 2. The third-order valence-electron chi connectivity index (χ3n) is 1.90. The lowest BCUT2D eigenvalue weighted by atomic mass is 10.1. The van der Waals surface area contributed by atoms with Gasteiger partial charge >= 0.3 is 0 Å². The highest BCUT2D eigenvalue weighted by Crippen LogP contribution is 2.21. The first-order valence-corrected chi connectivity index (χ1v) is 5.35. The van der Waals surface area contributed by atoms with Gasteiger partial charge in [0.15, 0.2) is 5.78 Å². The second-order valence-electron chi connectivity index (χ2n) is 3.69. The first kappa shape index (κ1) is 12.5. The molecule has 0 aliphatic carbocycles. The van der Waals surface area contributed by atoms with E-state index in [2.05, 4.69) is 0 Å². The van der Waals surface area contributed by atoms with E-state index in [0.29, 0.717) is 23.0 Å². The predicted molar refractivity (Wildman–Crippen MR) is 63.7 cm³/mol. The van der Waals surface area contributed by atoms with Gasteiger partial charge in [-0.25, -0.2) is 0 Å². The largest absolute Gasteiger partial charge is 0.302 e. The summed E-state index contributed by atoms with van der Waals surface area (Å²) in [6.07, 6.45) is 0.355. The Morgan fingerprint density at radius 2 is 2.00 bits per heavy atom. The van der Waals surface area contributed by atoms with Crippen LogP contribution in [0.3, 0.4) is 0 Å². The lowest BCUT2D eigenvalue weighted by Crippen LogP contribution is -2.23. The second-order valence-corrected chi connectivity index (χ2v) is 4.53. The monoisotopic (exact) mass is 245 g/mol. The van der Waals surface area contributed by atoms with Crippen molar-refractivity contribution in [2.75, 3.05) is 20.6 Å². The molecule has 0 heterocycles. The predicted octanol–water partition coefficient (Wildman–Crippen LogP) is 2.67. The molecular weight excluding hydrogens is 233 g/mol. The van der Waals surface area contributed by atoms with Gasteiger partial charge < -0.3 is 4.90 Å². The van der Waals surface area contributed by atoms with E-state index in [0.717, 1.165) is 5.56 Å². The summed E-state index contributed by atoms with van der Waals surface area (Å²) in [6, 6.07) is 5.19. The van der Waals surface area contributed by atoms with Crippen LogP contribution in [0.2, 0.25) is 10.0 Å². The molecule has 0 N–H and O–H groups in total. The lowest BCUT2D eigenvalue weighted by molar-refractivity contribution is -0.119. The summed E-state index contributed by atoms with van der Waals surface area (Å²) < 4.78 is 0. The summed E-state index contributed by atoms with van der Waals surface area (Å²) >= 11 is 11.7. The molecule has 0 radical (unpaired) electrons. The van der Waals surface area contributed by atoms with E-state index in [-0.39, 0.29) is 5.78 Å². The number of rotatable bonds is 4. The molecular formula is C11H13Cl2NO. The molecule has 0 bridgehead atoms. The zero-order valence-corrected chi connectivity index (χ0v) is 10.3. The highest BCUT2D eigenvalue weighted by Gasteiger charge is 2.08. The van der Waals surface area contributed by atoms with E-state index in [1.54, 1.807) is 18.2 Å². The molecule has 15 heavy (non-hydrogen) atoms. The Bertz CT molecular complexity index is 364. The Labute approximate surface area is 99.8 Å². The molecule has 0 spiro atoms. The minimum absolute atomic E-state index is 0.143. The minimum atomic E-state index is 0.143. The van der Waals surface area contributed by atoms with Crippen LogP contribution in [0.25, 0.3) is 0 Å². The summed E-state index contributed by atoms with van der Waals surface area (Å²) in [5.41, 5.74) is 0.827. The zero-order valence-electron chi connectivity index (χ0n) is 8.76. The normalized spacial score (nSPS) is 10.7. The van der Waals surface area contributed by atoms with Crippen LogP contribution >= 0.6 is 23.2 Å². The Hall–Kier alpha value is -0.570. The van der Waals surface area contributed by atoms with Crippen molar-refractivity contribution in [3.05, 3.63) is 33.8 Å². The number of nitrogens with zero attached hydrogens (tertiary/aromatic N) is 1. The summed E-state index contributed by atoms with van der Waals surface area (Å²) in [7, 11) is 3.72. The van der Waals surface area contributed by atoms with Gasteiger partial charge in [0.25, 0.3) is 0 Å². The highest BCUT2D eigenvalue weighted by molar-refractivity contribution is 6.35. The topological polar surface area (TPSA) is 20.3 Å². The Kier molecular flexibility index (Phi) is 4.58. The number of hydrogen-bond acceptors (Lipinski definition) is 2. The number of benzene rings is 1. The molecule has 0 saturated heterocycles. The van der Waals surface area contributed by atoms with Crippen molar-refractivity contribution < 1.29 is 4.79 Å². The van der Waals surface area contributed by atoms with Crippen LogP contribution in [0.15, 0.2) is 18.2 Å². The van der Waals surface area contributed by atoms with Gasteiger partial charge in [-0.1, -0.05) is 29.3 Å². The number of hydrogen-bond donors (Lipinski definition) is 0. The van der Waals surface area contributed by atoms with Gasteiger partial charge in [0, 0.05) is 16.5 Å². The Balaban J connectivity index is 2.68. The Morgan fingerprint density at radius 3 is 2.53 bits per heavy atom. The zero-order chi connectivity index (χ0) is 11.4. The molecule has 2 nitrogen and oxygen atoms in total. The fourth-order valence-electron chi connectivity index (χ4n) is 1.29. The van der Waals surface area contributed by atoms with Crippen molar-refractivity contribution in [3.63, 3.8) is 0 Å². The van der Waals surface area contributed by atoms with Crippen LogP contribution < -0.4 is 0 Å². The van der Waals surface area contributed by atoms with Gasteiger partial charge in [-0.05, 0) is 31.8 Å². The molecule has 0 amide bonds.